The summed E-state index contributed by atoms with van der Waals surface area (Å²) in [7, 11) is 0. The van der Waals surface area contributed by atoms with Gasteiger partial charge in [0.25, 0.3) is 0 Å². The van der Waals surface area contributed by atoms with Crippen LogP contribution in [-0.4, -0.2) is 19.9 Å². The number of hydrogen-bond donors (Lipinski definition) is 1. The van der Waals surface area contributed by atoms with Crippen molar-refractivity contribution in [2.24, 2.45) is 0 Å². The summed E-state index contributed by atoms with van der Waals surface area (Å²) in [6, 6.07) is 0. The smallest absolute Gasteiger partial charge is 0.0956 e. The number of thiazole rings is 1. The molecule has 4 nitrogen and oxygen atoms in total. The largest absolute Gasteiger partial charge is 0.387 e. The van der Waals surface area contributed by atoms with Crippen LogP contribution in [0.5, 0.6) is 0 Å². The van der Waals surface area contributed by atoms with Crippen molar-refractivity contribution in [2.75, 3.05) is 0 Å². The molecule has 0 fully saturated rings. The third kappa shape index (κ3) is 2.50. The number of rotatable bonds is 4. The van der Waals surface area contributed by atoms with Gasteiger partial charge in [-0.1, -0.05) is 0 Å². The van der Waals surface area contributed by atoms with E-state index in [4.69, 9.17) is 0 Å². The molecule has 2 aromatic heterocycles. The lowest BCUT2D eigenvalue weighted by atomic mass is 10.1. The second-order valence-electron chi connectivity index (χ2n) is 4.18. The minimum Gasteiger partial charge on any atom is -0.387 e. The van der Waals surface area contributed by atoms with E-state index < -0.39 is 6.10 Å². The second kappa shape index (κ2) is 5.50. The molecule has 0 amide bonds. The number of halogens is 1. The zero-order chi connectivity index (χ0) is 13.3. The fraction of sp³-hybridized carbons (Fsp3) is 0.500. The van der Waals surface area contributed by atoms with Crippen LogP contribution < -0.4 is 0 Å². The number of nitrogens with zero attached hydrogens (tertiary/aromatic N) is 3. The first kappa shape index (κ1) is 13.7. The van der Waals surface area contributed by atoms with Gasteiger partial charge in [0.05, 0.1) is 38.0 Å². The van der Waals surface area contributed by atoms with Crippen molar-refractivity contribution in [1.29, 1.82) is 0 Å². The molecule has 0 saturated heterocycles. The van der Waals surface area contributed by atoms with Gasteiger partial charge < -0.3 is 5.11 Å². The molecule has 0 aliphatic carbocycles. The van der Waals surface area contributed by atoms with E-state index in [9.17, 15) is 5.11 Å². The van der Waals surface area contributed by atoms with Crippen molar-refractivity contribution >= 4 is 27.3 Å². The number of aliphatic hydroxyl groups is 1. The Hall–Kier alpha value is -0.720. The quantitative estimate of drug-likeness (QED) is 0.937. The fourth-order valence-electron chi connectivity index (χ4n) is 1.97. The highest BCUT2D eigenvalue weighted by molar-refractivity contribution is 9.10. The van der Waals surface area contributed by atoms with Crippen LogP contribution in [-0.2, 0) is 13.0 Å². The van der Waals surface area contributed by atoms with Crippen LogP contribution >= 0.6 is 27.3 Å². The number of aromatic nitrogens is 3. The van der Waals surface area contributed by atoms with E-state index in [1.54, 1.807) is 5.51 Å². The fourth-order valence-corrected chi connectivity index (χ4v) is 3.20. The van der Waals surface area contributed by atoms with E-state index in [0.717, 1.165) is 33.0 Å². The van der Waals surface area contributed by atoms with Gasteiger partial charge in [0, 0.05) is 13.0 Å². The summed E-state index contributed by atoms with van der Waals surface area (Å²) in [4.78, 5) is 5.11. The number of aliphatic hydroxyl groups excluding tert-OH is 1. The average molecular weight is 330 g/mol. The highest BCUT2D eigenvalue weighted by Gasteiger charge is 2.19. The second-order valence-corrected chi connectivity index (χ2v) is 5.86. The molecular weight excluding hydrogens is 314 g/mol. The van der Waals surface area contributed by atoms with Crippen LogP contribution in [0.25, 0.3) is 0 Å². The van der Waals surface area contributed by atoms with Crippen molar-refractivity contribution in [3.63, 3.8) is 0 Å². The molecule has 98 valence electrons. The van der Waals surface area contributed by atoms with Crippen molar-refractivity contribution in [2.45, 2.75) is 39.8 Å². The lowest BCUT2D eigenvalue weighted by Gasteiger charge is -2.11. The Labute approximate surface area is 119 Å². The zero-order valence-corrected chi connectivity index (χ0v) is 13.0. The van der Waals surface area contributed by atoms with Crippen LogP contribution in [0.1, 0.15) is 35.0 Å². The molecule has 0 bridgehead atoms. The van der Waals surface area contributed by atoms with Gasteiger partial charge in [-0.25, -0.2) is 4.98 Å². The Bertz CT molecular complexity index is 550. The van der Waals surface area contributed by atoms with Crippen LogP contribution in [0.4, 0.5) is 0 Å². The number of hydrogen-bond acceptors (Lipinski definition) is 4. The number of aryl methyl sites for hydroxylation is 3. The van der Waals surface area contributed by atoms with Crippen LogP contribution in [0.2, 0.25) is 0 Å². The van der Waals surface area contributed by atoms with E-state index >= 15 is 0 Å². The van der Waals surface area contributed by atoms with Crippen molar-refractivity contribution in [1.82, 2.24) is 14.8 Å². The Balaban J connectivity index is 2.27. The molecule has 18 heavy (non-hydrogen) atoms. The summed E-state index contributed by atoms with van der Waals surface area (Å²) in [6.07, 6.45) is 0.0355. The Morgan fingerprint density at radius 3 is 2.72 bits per heavy atom. The Kier molecular flexibility index (Phi) is 4.19. The molecule has 0 aliphatic heterocycles. The van der Waals surface area contributed by atoms with Gasteiger partial charge in [-0.2, -0.15) is 5.10 Å². The summed E-state index contributed by atoms with van der Waals surface area (Å²) in [5.74, 6) is 0. The third-order valence-corrected chi connectivity index (χ3v) is 4.99. The van der Waals surface area contributed by atoms with E-state index in [2.05, 4.69) is 26.0 Å². The molecule has 0 spiro atoms. The highest BCUT2D eigenvalue weighted by atomic mass is 79.9. The monoisotopic (exact) mass is 329 g/mol. The first-order valence-corrected chi connectivity index (χ1v) is 7.51. The van der Waals surface area contributed by atoms with E-state index in [-0.39, 0.29) is 0 Å². The molecule has 0 aromatic carbocycles. The predicted molar refractivity (Wildman–Crippen MR) is 75.9 cm³/mol. The Morgan fingerprint density at radius 1 is 1.44 bits per heavy atom. The summed E-state index contributed by atoms with van der Waals surface area (Å²) in [5, 5.41) is 14.7. The lowest BCUT2D eigenvalue weighted by molar-refractivity contribution is 0.178. The SMILES string of the molecule is CCn1nc(C)c(Br)c1CC(O)c1scnc1C. The molecule has 0 radical (unpaired) electrons. The van der Waals surface area contributed by atoms with Gasteiger partial charge in [0.2, 0.25) is 0 Å². The third-order valence-electron chi connectivity index (χ3n) is 2.92. The molecule has 2 rings (SSSR count). The van der Waals surface area contributed by atoms with Crippen LogP contribution in [0.3, 0.4) is 0 Å². The minimum absolute atomic E-state index is 0.518. The van der Waals surface area contributed by atoms with Gasteiger partial charge in [-0.3, -0.25) is 4.68 Å². The van der Waals surface area contributed by atoms with E-state index in [1.165, 1.54) is 11.3 Å². The average Bonchev–Trinajstić information content (AvgIpc) is 2.87. The molecule has 2 aromatic rings. The zero-order valence-electron chi connectivity index (χ0n) is 10.6. The maximum atomic E-state index is 10.3. The molecule has 1 N–H and O–H groups in total. The summed E-state index contributed by atoms with van der Waals surface area (Å²) >= 11 is 5.04. The molecule has 0 aliphatic rings. The summed E-state index contributed by atoms with van der Waals surface area (Å²) in [6.45, 7) is 6.74. The van der Waals surface area contributed by atoms with Crippen molar-refractivity contribution in [3.05, 3.63) is 31.9 Å². The minimum atomic E-state index is -0.518. The standard InChI is InChI=1S/C12H16BrN3OS/c1-4-16-9(11(13)7(2)15-16)5-10(17)12-8(3)14-6-18-12/h6,10,17H,4-5H2,1-3H3. The Morgan fingerprint density at radius 2 is 2.17 bits per heavy atom. The van der Waals surface area contributed by atoms with E-state index in [1.807, 2.05) is 25.5 Å². The normalized spacial score (nSPS) is 12.9. The molecule has 6 heteroatoms. The van der Waals surface area contributed by atoms with Crippen molar-refractivity contribution in [3.8, 4) is 0 Å². The van der Waals surface area contributed by atoms with Gasteiger partial charge in [-0.05, 0) is 36.7 Å². The van der Waals surface area contributed by atoms with Gasteiger partial charge >= 0.3 is 0 Å². The first-order valence-electron chi connectivity index (χ1n) is 5.84. The molecule has 1 unspecified atom stereocenters. The molecule has 1 atom stereocenters. The van der Waals surface area contributed by atoms with Crippen LogP contribution in [0, 0.1) is 13.8 Å². The van der Waals surface area contributed by atoms with Gasteiger partial charge in [0.15, 0.2) is 0 Å². The molecular formula is C12H16BrN3OS. The first-order chi connectivity index (χ1) is 8.54. The van der Waals surface area contributed by atoms with E-state index in [0.29, 0.717) is 6.42 Å². The van der Waals surface area contributed by atoms with Crippen LogP contribution in [0.15, 0.2) is 9.98 Å². The van der Waals surface area contributed by atoms with Gasteiger partial charge in [0.1, 0.15) is 0 Å². The maximum absolute atomic E-state index is 10.3. The predicted octanol–water partition coefficient (Wildman–Crippen LogP) is 3.01. The highest BCUT2D eigenvalue weighted by Crippen LogP contribution is 2.29. The van der Waals surface area contributed by atoms with Gasteiger partial charge in [-0.15, -0.1) is 11.3 Å². The lowest BCUT2D eigenvalue weighted by Crippen LogP contribution is -2.08. The molecule has 0 saturated carbocycles. The molecule has 2 heterocycles. The topological polar surface area (TPSA) is 50.9 Å². The summed E-state index contributed by atoms with van der Waals surface area (Å²) in [5.41, 5.74) is 4.67. The summed E-state index contributed by atoms with van der Waals surface area (Å²) < 4.78 is 2.92. The van der Waals surface area contributed by atoms with Crippen molar-refractivity contribution < 1.29 is 5.11 Å². The maximum Gasteiger partial charge on any atom is 0.0956 e.